The van der Waals surface area contributed by atoms with Crippen molar-refractivity contribution in [3.63, 3.8) is 0 Å². The monoisotopic (exact) mass is 456 g/mol. The molecule has 1 amide bonds. The molecule has 164 valence electrons. The maximum atomic E-state index is 12.5. The lowest BCUT2D eigenvalue weighted by molar-refractivity contribution is -0.134. The van der Waals surface area contributed by atoms with Crippen molar-refractivity contribution in [2.75, 3.05) is 13.6 Å². The Balaban J connectivity index is 0.000000479. The third-order valence-corrected chi connectivity index (χ3v) is 5.32. The molecular weight excluding hydrogens is 431 g/mol. The first-order valence-electron chi connectivity index (χ1n) is 9.36. The molecule has 1 aromatic rings. The number of carbonyl (C=O) groups is 3. The van der Waals surface area contributed by atoms with Gasteiger partial charge in [-0.25, -0.2) is 9.59 Å². The summed E-state index contributed by atoms with van der Waals surface area (Å²) in [6.45, 7) is 4.61. The first-order valence-corrected chi connectivity index (χ1v) is 10.1. The zero-order valence-corrected chi connectivity index (χ0v) is 18.2. The summed E-state index contributed by atoms with van der Waals surface area (Å²) in [6.07, 6.45) is 7.45. The van der Waals surface area contributed by atoms with Crippen LogP contribution in [0.2, 0.25) is 10.0 Å². The Bertz CT molecular complexity index is 782. The number of benzene rings is 1. The molecule has 1 saturated carbocycles. The number of carboxylic acid groups (broad SMARTS) is 2. The van der Waals surface area contributed by atoms with Gasteiger partial charge in [0.25, 0.3) is 5.91 Å². The summed E-state index contributed by atoms with van der Waals surface area (Å²) in [5.41, 5.74) is 0.546. The van der Waals surface area contributed by atoms with Crippen LogP contribution in [-0.2, 0) is 9.59 Å². The highest BCUT2D eigenvalue weighted by Gasteiger charge is 2.29. The Morgan fingerprint density at radius 2 is 1.73 bits per heavy atom. The van der Waals surface area contributed by atoms with Crippen molar-refractivity contribution in [3.8, 4) is 0 Å². The van der Waals surface area contributed by atoms with Crippen LogP contribution < -0.4 is 5.32 Å². The predicted octanol–water partition coefficient (Wildman–Crippen LogP) is 3.86. The molecule has 0 heterocycles. The van der Waals surface area contributed by atoms with Crippen molar-refractivity contribution >= 4 is 41.0 Å². The number of rotatable bonds is 7. The van der Waals surface area contributed by atoms with Gasteiger partial charge in [0.05, 0.1) is 10.0 Å². The van der Waals surface area contributed by atoms with Gasteiger partial charge >= 0.3 is 11.9 Å². The minimum Gasteiger partial charge on any atom is -0.478 e. The van der Waals surface area contributed by atoms with Crippen molar-refractivity contribution in [3.05, 3.63) is 58.6 Å². The fourth-order valence-corrected chi connectivity index (χ4v) is 3.48. The topological polar surface area (TPSA) is 107 Å². The molecule has 1 aliphatic rings. The van der Waals surface area contributed by atoms with Crippen molar-refractivity contribution < 1.29 is 24.6 Å². The zero-order chi connectivity index (χ0) is 22.7. The molecule has 0 saturated heterocycles. The summed E-state index contributed by atoms with van der Waals surface area (Å²) >= 11 is 11.9. The molecule has 9 heteroatoms. The van der Waals surface area contributed by atoms with E-state index in [1.807, 2.05) is 6.08 Å². The first kappa shape index (κ1) is 25.7. The lowest BCUT2D eigenvalue weighted by Crippen LogP contribution is -2.52. The van der Waals surface area contributed by atoms with Crippen LogP contribution in [0.25, 0.3) is 0 Å². The molecule has 0 radical (unpaired) electrons. The molecule has 1 fully saturated rings. The summed E-state index contributed by atoms with van der Waals surface area (Å²) in [5, 5.41) is 19.6. The second kappa shape index (κ2) is 13.1. The maximum Gasteiger partial charge on any atom is 0.328 e. The fraction of sp³-hybridized carbons (Fsp3) is 0.381. The Labute approximate surface area is 186 Å². The molecule has 1 aliphatic carbocycles. The normalized spacial score (nSPS) is 18.4. The van der Waals surface area contributed by atoms with E-state index in [9.17, 15) is 14.4 Å². The Morgan fingerprint density at radius 3 is 2.27 bits per heavy atom. The SMILES string of the molecule is C=CCN(C)[C@@H]1CCCC[C@H]1NC(=O)c1ccc(Cl)c(Cl)c1.O=C(O)/C=C/C(=O)O. The maximum absolute atomic E-state index is 12.5. The van der Waals surface area contributed by atoms with Crippen molar-refractivity contribution in [1.29, 1.82) is 0 Å². The van der Waals surface area contributed by atoms with Gasteiger partial charge in [0.1, 0.15) is 0 Å². The molecule has 2 rings (SSSR count). The van der Waals surface area contributed by atoms with Crippen LogP contribution >= 0.6 is 23.2 Å². The molecule has 0 bridgehead atoms. The van der Waals surface area contributed by atoms with E-state index in [4.69, 9.17) is 33.4 Å². The molecule has 0 unspecified atom stereocenters. The summed E-state index contributed by atoms with van der Waals surface area (Å²) in [7, 11) is 2.08. The lowest BCUT2D eigenvalue weighted by Gasteiger charge is -2.38. The van der Waals surface area contributed by atoms with E-state index in [-0.39, 0.29) is 11.9 Å². The number of amides is 1. The quantitative estimate of drug-likeness (QED) is 0.424. The van der Waals surface area contributed by atoms with Crippen LogP contribution in [-0.4, -0.2) is 58.6 Å². The van der Waals surface area contributed by atoms with Gasteiger partial charge in [0.15, 0.2) is 0 Å². The number of hydrogen-bond donors (Lipinski definition) is 3. The second-order valence-electron chi connectivity index (χ2n) is 6.80. The van der Waals surface area contributed by atoms with E-state index in [0.717, 1.165) is 25.8 Å². The average molecular weight is 457 g/mol. The molecule has 30 heavy (non-hydrogen) atoms. The summed E-state index contributed by atoms with van der Waals surface area (Å²) in [5.74, 6) is -2.61. The van der Waals surface area contributed by atoms with E-state index in [1.165, 1.54) is 6.42 Å². The predicted molar refractivity (Wildman–Crippen MR) is 117 cm³/mol. The number of carboxylic acids is 2. The van der Waals surface area contributed by atoms with Gasteiger partial charge in [0.2, 0.25) is 0 Å². The van der Waals surface area contributed by atoms with Gasteiger partial charge < -0.3 is 15.5 Å². The summed E-state index contributed by atoms with van der Waals surface area (Å²) < 4.78 is 0. The second-order valence-corrected chi connectivity index (χ2v) is 7.61. The van der Waals surface area contributed by atoms with Crippen molar-refractivity contribution in [2.24, 2.45) is 0 Å². The number of halogens is 2. The lowest BCUT2D eigenvalue weighted by atomic mass is 9.89. The zero-order valence-electron chi connectivity index (χ0n) is 16.7. The van der Waals surface area contributed by atoms with Gasteiger partial charge in [-0.1, -0.05) is 42.1 Å². The summed E-state index contributed by atoms with van der Waals surface area (Å²) in [6, 6.07) is 5.47. The Morgan fingerprint density at radius 1 is 1.13 bits per heavy atom. The Hall–Kier alpha value is -2.35. The fourth-order valence-electron chi connectivity index (χ4n) is 3.18. The number of nitrogens with one attached hydrogen (secondary N) is 1. The van der Waals surface area contributed by atoms with Gasteiger partial charge in [-0.05, 0) is 38.1 Å². The number of carbonyl (C=O) groups excluding carboxylic acids is 1. The molecule has 2 atom stereocenters. The van der Waals surface area contributed by atoms with E-state index < -0.39 is 11.9 Å². The van der Waals surface area contributed by atoms with Crippen molar-refractivity contribution in [1.82, 2.24) is 10.2 Å². The summed E-state index contributed by atoms with van der Waals surface area (Å²) in [4.78, 5) is 33.8. The van der Waals surface area contributed by atoms with Crippen molar-refractivity contribution in [2.45, 2.75) is 37.8 Å². The molecular formula is C21H26Cl2N2O5. The van der Waals surface area contributed by atoms with Gasteiger partial charge in [-0.15, -0.1) is 6.58 Å². The molecule has 1 aromatic carbocycles. The van der Waals surface area contributed by atoms with Crippen LogP contribution in [0.3, 0.4) is 0 Å². The molecule has 3 N–H and O–H groups in total. The first-order chi connectivity index (χ1) is 14.1. The van der Waals surface area contributed by atoms with Crippen LogP contribution in [0.4, 0.5) is 0 Å². The van der Waals surface area contributed by atoms with E-state index in [1.54, 1.807) is 18.2 Å². The molecule has 7 nitrogen and oxygen atoms in total. The van der Waals surface area contributed by atoms with Crippen LogP contribution in [0.5, 0.6) is 0 Å². The van der Waals surface area contributed by atoms with Gasteiger partial charge in [-0.3, -0.25) is 9.69 Å². The average Bonchev–Trinajstić information content (AvgIpc) is 2.69. The highest BCUT2D eigenvalue weighted by atomic mass is 35.5. The van der Waals surface area contributed by atoms with Gasteiger partial charge in [-0.2, -0.15) is 0 Å². The Kier molecular flexibility index (Phi) is 11.2. The van der Waals surface area contributed by atoms with Crippen LogP contribution in [0.1, 0.15) is 36.0 Å². The van der Waals surface area contributed by atoms with E-state index in [2.05, 4.69) is 23.8 Å². The highest BCUT2D eigenvalue weighted by molar-refractivity contribution is 6.42. The molecule has 0 aliphatic heterocycles. The third kappa shape index (κ3) is 8.98. The van der Waals surface area contributed by atoms with Gasteiger partial charge in [0, 0.05) is 36.3 Å². The standard InChI is InChI=1S/C17H22Cl2N2O.C4H4O4/c1-3-10-21(2)16-7-5-4-6-15(16)20-17(22)12-8-9-13(18)14(19)11-12;5-3(6)1-2-4(7)8/h3,8-9,11,15-16H,1,4-7,10H2,2H3,(H,20,22);1-2H,(H,5,6)(H,7,8)/b;2-1+/t15-,16-;/m1./s1. The minimum atomic E-state index is -1.26. The van der Waals surface area contributed by atoms with E-state index >= 15 is 0 Å². The third-order valence-electron chi connectivity index (χ3n) is 4.58. The minimum absolute atomic E-state index is 0.0949. The number of likely N-dealkylation sites (N-methyl/N-ethyl adjacent to an activating group) is 1. The number of hydrogen-bond acceptors (Lipinski definition) is 4. The van der Waals surface area contributed by atoms with E-state index in [0.29, 0.717) is 33.8 Å². The smallest absolute Gasteiger partial charge is 0.328 e. The number of aliphatic carboxylic acids is 2. The molecule has 0 aromatic heterocycles. The van der Waals surface area contributed by atoms with Crippen LogP contribution in [0.15, 0.2) is 43.0 Å². The highest BCUT2D eigenvalue weighted by Crippen LogP contribution is 2.25. The van der Waals surface area contributed by atoms with Crippen LogP contribution in [0, 0.1) is 0 Å². The molecule has 0 spiro atoms. The largest absolute Gasteiger partial charge is 0.478 e. The number of nitrogens with zero attached hydrogens (tertiary/aromatic N) is 1.